The van der Waals surface area contributed by atoms with Crippen LogP contribution in [0, 0.1) is 0 Å². The fourth-order valence-electron chi connectivity index (χ4n) is 1.55. The molecule has 0 aliphatic rings. The van der Waals surface area contributed by atoms with Crippen LogP contribution in [0.4, 0.5) is 0 Å². The number of carboxylic acid groups (broad SMARTS) is 1. The number of rotatable bonds is 3. The second kappa shape index (κ2) is 5.47. The predicted molar refractivity (Wildman–Crippen MR) is 71.2 cm³/mol. The van der Waals surface area contributed by atoms with Crippen LogP contribution in [0.2, 0.25) is 5.02 Å². The number of carboxylic acids is 1. The van der Waals surface area contributed by atoms with Crippen molar-refractivity contribution in [3.05, 3.63) is 64.9 Å². The van der Waals surface area contributed by atoms with Crippen LogP contribution >= 0.6 is 11.6 Å². The molecule has 0 saturated heterocycles. The van der Waals surface area contributed by atoms with E-state index in [0.29, 0.717) is 10.6 Å². The molecule has 1 heterocycles. The molecule has 0 amide bonds. The van der Waals surface area contributed by atoms with E-state index in [1.54, 1.807) is 48.7 Å². The molecule has 2 rings (SSSR count). The van der Waals surface area contributed by atoms with Crippen molar-refractivity contribution in [2.75, 3.05) is 0 Å². The fraction of sp³-hybridized carbons (Fsp3) is 0. The minimum atomic E-state index is -0.997. The van der Waals surface area contributed by atoms with Crippen molar-refractivity contribution in [3.63, 3.8) is 0 Å². The van der Waals surface area contributed by atoms with E-state index in [1.807, 2.05) is 0 Å². The zero-order valence-electron chi connectivity index (χ0n) is 9.38. The minimum absolute atomic E-state index is 0.186. The van der Waals surface area contributed by atoms with Gasteiger partial charge in [0.1, 0.15) is 0 Å². The van der Waals surface area contributed by atoms with Gasteiger partial charge in [0.05, 0.1) is 5.57 Å². The summed E-state index contributed by atoms with van der Waals surface area (Å²) in [6.45, 7) is 0. The number of hydrogen-bond acceptors (Lipinski definition) is 2. The molecule has 0 atom stereocenters. The Balaban J connectivity index is 2.46. The Bertz CT molecular complexity index is 594. The SMILES string of the molecule is O=C(O)/C(=C/c1cccc(Cl)c1)c1cccnc1. The summed E-state index contributed by atoms with van der Waals surface area (Å²) < 4.78 is 0. The first-order valence-corrected chi connectivity index (χ1v) is 5.65. The molecular formula is C14H10ClNO2. The Morgan fingerprint density at radius 1 is 1.28 bits per heavy atom. The van der Waals surface area contributed by atoms with E-state index in [4.69, 9.17) is 11.6 Å². The second-order valence-corrected chi connectivity index (χ2v) is 4.10. The highest BCUT2D eigenvalue weighted by Crippen LogP contribution is 2.19. The first-order valence-electron chi connectivity index (χ1n) is 5.28. The lowest BCUT2D eigenvalue weighted by molar-refractivity contribution is -0.130. The van der Waals surface area contributed by atoms with Crippen LogP contribution in [0.15, 0.2) is 48.8 Å². The van der Waals surface area contributed by atoms with Gasteiger partial charge in [-0.2, -0.15) is 0 Å². The van der Waals surface area contributed by atoms with Crippen LogP contribution in [-0.4, -0.2) is 16.1 Å². The smallest absolute Gasteiger partial charge is 0.336 e. The zero-order valence-corrected chi connectivity index (χ0v) is 10.1. The third-order valence-electron chi connectivity index (χ3n) is 2.36. The molecule has 2 aromatic rings. The van der Waals surface area contributed by atoms with E-state index in [1.165, 1.54) is 6.20 Å². The molecule has 0 aliphatic carbocycles. The van der Waals surface area contributed by atoms with Gasteiger partial charge >= 0.3 is 5.97 Å². The summed E-state index contributed by atoms with van der Waals surface area (Å²) in [6.07, 6.45) is 4.69. The van der Waals surface area contributed by atoms with Gasteiger partial charge in [0.25, 0.3) is 0 Å². The average molecular weight is 260 g/mol. The van der Waals surface area contributed by atoms with Gasteiger partial charge in [-0.3, -0.25) is 4.98 Å². The third kappa shape index (κ3) is 2.96. The van der Waals surface area contributed by atoms with Crippen LogP contribution in [0.25, 0.3) is 11.6 Å². The second-order valence-electron chi connectivity index (χ2n) is 3.66. The number of pyridine rings is 1. The van der Waals surface area contributed by atoms with Crippen molar-refractivity contribution in [1.82, 2.24) is 4.98 Å². The number of nitrogens with zero attached hydrogens (tertiary/aromatic N) is 1. The van der Waals surface area contributed by atoms with Gasteiger partial charge < -0.3 is 5.11 Å². The van der Waals surface area contributed by atoms with Gasteiger partial charge in [0.15, 0.2) is 0 Å². The maximum Gasteiger partial charge on any atom is 0.336 e. The topological polar surface area (TPSA) is 50.2 Å². The molecule has 18 heavy (non-hydrogen) atoms. The lowest BCUT2D eigenvalue weighted by Crippen LogP contribution is -1.99. The monoisotopic (exact) mass is 259 g/mol. The van der Waals surface area contributed by atoms with Crippen molar-refractivity contribution in [1.29, 1.82) is 0 Å². The number of hydrogen-bond donors (Lipinski definition) is 1. The average Bonchev–Trinajstić information content (AvgIpc) is 2.37. The highest BCUT2D eigenvalue weighted by Gasteiger charge is 2.10. The summed E-state index contributed by atoms with van der Waals surface area (Å²) in [7, 11) is 0. The molecule has 1 aromatic heterocycles. The maximum absolute atomic E-state index is 11.3. The summed E-state index contributed by atoms with van der Waals surface area (Å²) in [5.74, 6) is -0.997. The number of carbonyl (C=O) groups is 1. The third-order valence-corrected chi connectivity index (χ3v) is 2.60. The lowest BCUT2D eigenvalue weighted by Gasteiger charge is -2.02. The van der Waals surface area contributed by atoms with E-state index < -0.39 is 5.97 Å². The molecule has 0 saturated carbocycles. The number of benzene rings is 1. The van der Waals surface area contributed by atoms with Crippen molar-refractivity contribution in [3.8, 4) is 0 Å². The van der Waals surface area contributed by atoms with Crippen molar-refractivity contribution in [2.45, 2.75) is 0 Å². The number of aromatic nitrogens is 1. The van der Waals surface area contributed by atoms with Gasteiger partial charge in [-0.25, -0.2) is 4.79 Å². The van der Waals surface area contributed by atoms with Crippen molar-refractivity contribution in [2.24, 2.45) is 0 Å². The first-order chi connectivity index (χ1) is 8.66. The van der Waals surface area contributed by atoms with E-state index >= 15 is 0 Å². The summed E-state index contributed by atoms with van der Waals surface area (Å²) in [5.41, 5.74) is 1.49. The standard InChI is InChI=1S/C14H10ClNO2/c15-12-5-1-3-10(7-12)8-13(14(17)18)11-4-2-6-16-9-11/h1-9H,(H,17,18)/b13-8+. The normalized spacial score (nSPS) is 11.3. The number of halogens is 1. The molecule has 0 spiro atoms. The number of aliphatic carboxylic acids is 1. The van der Waals surface area contributed by atoms with Crippen molar-refractivity contribution >= 4 is 29.2 Å². The lowest BCUT2D eigenvalue weighted by atomic mass is 10.0. The predicted octanol–water partition coefficient (Wildman–Crippen LogP) is 3.36. The quantitative estimate of drug-likeness (QED) is 0.860. The maximum atomic E-state index is 11.3. The molecule has 0 radical (unpaired) electrons. The molecule has 0 fully saturated rings. The van der Waals surface area contributed by atoms with Crippen LogP contribution in [0.1, 0.15) is 11.1 Å². The highest BCUT2D eigenvalue weighted by molar-refractivity contribution is 6.30. The Kier molecular flexibility index (Phi) is 3.75. The first kappa shape index (κ1) is 12.3. The molecule has 1 N–H and O–H groups in total. The summed E-state index contributed by atoms with van der Waals surface area (Å²) in [6, 6.07) is 10.4. The zero-order chi connectivity index (χ0) is 13.0. The molecule has 0 aliphatic heterocycles. The van der Waals surface area contributed by atoms with Crippen LogP contribution in [0.5, 0.6) is 0 Å². The molecule has 0 bridgehead atoms. The molecule has 90 valence electrons. The van der Waals surface area contributed by atoms with E-state index in [-0.39, 0.29) is 5.57 Å². The molecule has 0 unspecified atom stereocenters. The highest BCUT2D eigenvalue weighted by atomic mass is 35.5. The summed E-state index contributed by atoms with van der Waals surface area (Å²) in [4.78, 5) is 15.2. The van der Waals surface area contributed by atoms with E-state index in [0.717, 1.165) is 5.56 Å². The molecule has 4 heteroatoms. The van der Waals surface area contributed by atoms with Crippen LogP contribution in [-0.2, 0) is 4.79 Å². The molecular weight excluding hydrogens is 250 g/mol. The van der Waals surface area contributed by atoms with Crippen LogP contribution in [0.3, 0.4) is 0 Å². The van der Waals surface area contributed by atoms with Gasteiger partial charge in [-0.1, -0.05) is 29.8 Å². The minimum Gasteiger partial charge on any atom is -0.478 e. The van der Waals surface area contributed by atoms with Crippen LogP contribution < -0.4 is 0 Å². The van der Waals surface area contributed by atoms with Gasteiger partial charge in [-0.15, -0.1) is 0 Å². The fourth-order valence-corrected chi connectivity index (χ4v) is 1.75. The van der Waals surface area contributed by atoms with Gasteiger partial charge in [0.2, 0.25) is 0 Å². The van der Waals surface area contributed by atoms with Crippen molar-refractivity contribution < 1.29 is 9.90 Å². The van der Waals surface area contributed by atoms with Gasteiger partial charge in [0, 0.05) is 23.0 Å². The molecule has 1 aromatic carbocycles. The molecule has 3 nitrogen and oxygen atoms in total. The Morgan fingerprint density at radius 3 is 2.72 bits per heavy atom. The van der Waals surface area contributed by atoms with E-state index in [2.05, 4.69) is 4.98 Å². The Labute approximate surface area is 109 Å². The Hall–Kier alpha value is -2.13. The van der Waals surface area contributed by atoms with Gasteiger partial charge in [-0.05, 0) is 29.8 Å². The Morgan fingerprint density at radius 2 is 2.11 bits per heavy atom. The summed E-state index contributed by atoms with van der Waals surface area (Å²) >= 11 is 5.86. The summed E-state index contributed by atoms with van der Waals surface area (Å²) in [5, 5.41) is 9.80. The largest absolute Gasteiger partial charge is 0.478 e. The van der Waals surface area contributed by atoms with E-state index in [9.17, 15) is 9.90 Å².